The highest BCUT2D eigenvalue weighted by Gasteiger charge is 2.57. The number of allylic oxidation sites excluding steroid dienone is 2. The number of rotatable bonds is 6. The fourth-order valence-corrected chi connectivity index (χ4v) is 6.67. The molecule has 3 nitrogen and oxygen atoms in total. The molecule has 1 aliphatic heterocycles. The topological polar surface area (TPSA) is 38.7 Å². The summed E-state index contributed by atoms with van der Waals surface area (Å²) < 4.78 is 11.7. The first-order valence-electron chi connectivity index (χ1n) is 11.7. The van der Waals surface area contributed by atoms with E-state index in [4.69, 9.17) is 9.47 Å². The van der Waals surface area contributed by atoms with Gasteiger partial charge in [0.1, 0.15) is 0 Å². The van der Waals surface area contributed by atoms with Gasteiger partial charge in [0.05, 0.1) is 18.8 Å². The molecule has 3 heteroatoms. The van der Waals surface area contributed by atoms with E-state index in [2.05, 4.69) is 40.7 Å². The summed E-state index contributed by atoms with van der Waals surface area (Å²) >= 11 is 0. The summed E-state index contributed by atoms with van der Waals surface area (Å²) in [5.74, 6) is 1.45. The fourth-order valence-electron chi connectivity index (χ4n) is 6.67. The Hall–Kier alpha value is -0.380. The van der Waals surface area contributed by atoms with Crippen molar-refractivity contribution >= 4 is 0 Å². The Balaban J connectivity index is 1.79. The van der Waals surface area contributed by atoms with Crippen molar-refractivity contribution in [1.82, 2.24) is 0 Å². The first kappa shape index (κ1) is 22.3. The van der Waals surface area contributed by atoms with Crippen LogP contribution in [0.1, 0.15) is 92.9 Å². The molecule has 0 radical (unpaired) electrons. The molecule has 2 saturated carbocycles. The molecule has 0 aromatic heterocycles. The Morgan fingerprint density at radius 1 is 1.00 bits per heavy atom. The van der Waals surface area contributed by atoms with Gasteiger partial charge in [-0.3, -0.25) is 0 Å². The molecule has 0 spiro atoms. The van der Waals surface area contributed by atoms with Crippen LogP contribution in [0.3, 0.4) is 0 Å². The largest absolute Gasteiger partial charge is 0.389 e. The second kappa shape index (κ2) is 8.40. The predicted molar refractivity (Wildman–Crippen MR) is 115 cm³/mol. The zero-order valence-corrected chi connectivity index (χ0v) is 19.2. The maximum absolute atomic E-state index is 12.1. The summed E-state index contributed by atoms with van der Waals surface area (Å²) in [6.45, 7) is 15.0. The highest BCUT2D eigenvalue weighted by atomic mass is 16.7. The highest BCUT2D eigenvalue weighted by molar-refractivity contribution is 5.07. The van der Waals surface area contributed by atoms with E-state index in [1.807, 2.05) is 6.92 Å². The van der Waals surface area contributed by atoms with E-state index < -0.39 is 11.4 Å². The van der Waals surface area contributed by atoms with Crippen LogP contribution < -0.4 is 0 Å². The molecule has 3 rings (SSSR count). The molecule has 0 aromatic rings. The van der Waals surface area contributed by atoms with Crippen molar-refractivity contribution in [3.63, 3.8) is 0 Å². The van der Waals surface area contributed by atoms with Crippen molar-refractivity contribution in [2.75, 3.05) is 13.2 Å². The molecule has 3 fully saturated rings. The maximum Gasteiger partial charge on any atom is 0.165 e. The van der Waals surface area contributed by atoms with Gasteiger partial charge in [-0.15, -0.1) is 0 Å². The quantitative estimate of drug-likeness (QED) is 0.555. The lowest BCUT2D eigenvalue weighted by Crippen LogP contribution is -2.59. The van der Waals surface area contributed by atoms with Crippen molar-refractivity contribution in [2.24, 2.45) is 29.1 Å². The standard InChI is InChI=1S/C25H44O3/c1-18(2)8-7-12-23(5)13-11-19(3)22-21(23)10-9-20(4)25(22,26)15-14-24(6)27-16-17-28-24/h8,19-22,26H,7,9-17H2,1-6H3/t19-,20-,21+,22+,23-,25?/m1/s1. The number of fused-ring (bicyclic) bond motifs is 1. The van der Waals surface area contributed by atoms with Crippen LogP contribution in [0.5, 0.6) is 0 Å². The van der Waals surface area contributed by atoms with Gasteiger partial charge in [0, 0.05) is 6.42 Å². The zero-order valence-electron chi connectivity index (χ0n) is 19.2. The van der Waals surface area contributed by atoms with Gasteiger partial charge in [0.2, 0.25) is 0 Å². The third kappa shape index (κ3) is 4.37. The first-order valence-corrected chi connectivity index (χ1v) is 11.7. The van der Waals surface area contributed by atoms with Gasteiger partial charge >= 0.3 is 0 Å². The summed E-state index contributed by atoms with van der Waals surface area (Å²) in [6, 6.07) is 0. The molecule has 3 aliphatic rings. The third-order valence-electron chi connectivity index (χ3n) is 8.60. The molecule has 1 unspecified atom stereocenters. The molecule has 2 aliphatic carbocycles. The van der Waals surface area contributed by atoms with Crippen molar-refractivity contribution in [2.45, 2.75) is 104 Å². The minimum Gasteiger partial charge on any atom is -0.389 e. The number of aliphatic hydroxyl groups is 1. The molecule has 1 saturated heterocycles. The van der Waals surface area contributed by atoms with Gasteiger partial charge in [0.15, 0.2) is 5.79 Å². The van der Waals surface area contributed by atoms with Crippen molar-refractivity contribution in [3.8, 4) is 0 Å². The van der Waals surface area contributed by atoms with E-state index in [0.717, 1.165) is 19.3 Å². The summed E-state index contributed by atoms with van der Waals surface area (Å²) in [6.07, 6.45) is 11.4. The molecule has 162 valence electrons. The van der Waals surface area contributed by atoms with Crippen LogP contribution in [0.2, 0.25) is 0 Å². The second-order valence-electron chi connectivity index (χ2n) is 10.9. The Bertz CT molecular complexity index is 560. The lowest BCUT2D eigenvalue weighted by Gasteiger charge is -2.60. The van der Waals surface area contributed by atoms with Gasteiger partial charge in [-0.25, -0.2) is 0 Å². The first-order chi connectivity index (χ1) is 13.1. The minimum absolute atomic E-state index is 0.348. The van der Waals surface area contributed by atoms with E-state index >= 15 is 0 Å². The Kier molecular flexibility index (Phi) is 6.69. The van der Waals surface area contributed by atoms with Gasteiger partial charge in [-0.2, -0.15) is 0 Å². The molecule has 6 atom stereocenters. The molecule has 28 heavy (non-hydrogen) atoms. The van der Waals surface area contributed by atoms with Crippen LogP contribution >= 0.6 is 0 Å². The maximum atomic E-state index is 12.1. The number of hydrogen-bond donors (Lipinski definition) is 1. The van der Waals surface area contributed by atoms with E-state index in [1.54, 1.807) is 0 Å². The summed E-state index contributed by atoms with van der Waals surface area (Å²) in [4.78, 5) is 0. The van der Waals surface area contributed by atoms with Crippen LogP contribution in [0, 0.1) is 29.1 Å². The summed E-state index contributed by atoms with van der Waals surface area (Å²) in [5.41, 5.74) is 1.17. The zero-order chi connectivity index (χ0) is 20.6. The summed E-state index contributed by atoms with van der Waals surface area (Å²) in [7, 11) is 0. The predicted octanol–water partition coefficient (Wildman–Crippen LogP) is 6.11. The van der Waals surface area contributed by atoms with Crippen molar-refractivity contribution < 1.29 is 14.6 Å². The average Bonchev–Trinajstić information content (AvgIpc) is 3.06. The fraction of sp³-hybridized carbons (Fsp3) is 0.920. The molecular weight excluding hydrogens is 348 g/mol. The van der Waals surface area contributed by atoms with Crippen LogP contribution in [0.15, 0.2) is 11.6 Å². The number of hydrogen-bond acceptors (Lipinski definition) is 3. The van der Waals surface area contributed by atoms with Gasteiger partial charge in [-0.1, -0.05) is 32.4 Å². The minimum atomic E-state index is -0.598. The van der Waals surface area contributed by atoms with Crippen LogP contribution in [-0.2, 0) is 9.47 Å². The second-order valence-corrected chi connectivity index (χ2v) is 10.9. The van der Waals surface area contributed by atoms with E-state index in [-0.39, 0.29) is 0 Å². The Morgan fingerprint density at radius 2 is 1.68 bits per heavy atom. The highest BCUT2D eigenvalue weighted by Crippen LogP contribution is 2.60. The molecule has 0 aromatic carbocycles. The lowest BCUT2D eigenvalue weighted by molar-refractivity contribution is -0.201. The lowest BCUT2D eigenvalue weighted by atomic mass is 9.47. The van der Waals surface area contributed by atoms with Gasteiger partial charge < -0.3 is 14.6 Å². The van der Waals surface area contributed by atoms with E-state index in [9.17, 15) is 5.11 Å². The van der Waals surface area contributed by atoms with Gasteiger partial charge in [0.25, 0.3) is 0 Å². The monoisotopic (exact) mass is 392 g/mol. The van der Waals surface area contributed by atoms with Crippen molar-refractivity contribution in [1.29, 1.82) is 0 Å². The summed E-state index contributed by atoms with van der Waals surface area (Å²) in [5, 5.41) is 12.1. The SMILES string of the molecule is CC(C)=CCC[C@]1(C)CC[C@@H](C)[C@H]2[C@@H]1CC[C@@H](C)C2(O)CCC1(C)OCCO1. The molecule has 1 N–H and O–H groups in total. The average molecular weight is 393 g/mol. The number of ether oxygens (including phenoxy) is 2. The van der Waals surface area contributed by atoms with Crippen LogP contribution in [0.25, 0.3) is 0 Å². The Labute approximate surface area is 173 Å². The van der Waals surface area contributed by atoms with E-state index in [0.29, 0.717) is 42.3 Å². The smallest absolute Gasteiger partial charge is 0.165 e. The third-order valence-corrected chi connectivity index (χ3v) is 8.60. The molecular formula is C25H44O3. The van der Waals surface area contributed by atoms with Gasteiger partial charge in [-0.05, 0) is 94.8 Å². The van der Waals surface area contributed by atoms with Crippen molar-refractivity contribution in [3.05, 3.63) is 11.6 Å². The van der Waals surface area contributed by atoms with E-state index in [1.165, 1.54) is 37.7 Å². The molecule has 0 amide bonds. The molecule has 0 bridgehead atoms. The van der Waals surface area contributed by atoms with Crippen LogP contribution in [-0.4, -0.2) is 29.7 Å². The van der Waals surface area contributed by atoms with Crippen LogP contribution in [0.4, 0.5) is 0 Å². The normalized spacial score (nSPS) is 42.8. The Morgan fingerprint density at radius 3 is 2.32 bits per heavy atom. The molecule has 1 heterocycles.